The summed E-state index contributed by atoms with van der Waals surface area (Å²) in [4.78, 5) is 23.7. The summed E-state index contributed by atoms with van der Waals surface area (Å²) in [5.41, 5.74) is 0.397. The summed E-state index contributed by atoms with van der Waals surface area (Å²) in [6, 6.07) is 0. The maximum atomic E-state index is 12.2. The zero-order chi connectivity index (χ0) is 17.1. The van der Waals surface area contributed by atoms with Crippen molar-refractivity contribution in [1.82, 2.24) is 0 Å². The molecule has 0 aromatic heterocycles. The average Bonchev–Trinajstić information content (AvgIpc) is 2.82. The van der Waals surface area contributed by atoms with E-state index < -0.39 is 0 Å². The molecule has 0 amide bonds. The maximum absolute atomic E-state index is 12.2. The second-order valence-electron chi connectivity index (χ2n) is 9.63. The number of hydrogen-bond donors (Lipinski definition) is 0. The summed E-state index contributed by atoms with van der Waals surface area (Å²) in [6.45, 7) is 6.34. The Bertz CT molecular complexity index is 555. The van der Waals surface area contributed by atoms with Gasteiger partial charge in [0.15, 0.2) is 0 Å². The molecule has 0 radical (unpaired) electrons. The van der Waals surface area contributed by atoms with Crippen LogP contribution < -0.4 is 0 Å². The van der Waals surface area contributed by atoms with Crippen LogP contribution in [0.25, 0.3) is 0 Å². The highest BCUT2D eigenvalue weighted by Gasteiger charge is 2.61. The second kappa shape index (κ2) is 5.57. The monoisotopic (exact) mass is 332 g/mol. The van der Waals surface area contributed by atoms with Crippen LogP contribution in [0.5, 0.6) is 0 Å². The number of ketones is 1. The fourth-order valence-electron chi connectivity index (χ4n) is 7.48. The van der Waals surface area contributed by atoms with E-state index in [4.69, 9.17) is 4.74 Å². The van der Waals surface area contributed by atoms with Gasteiger partial charge in [-0.25, -0.2) is 0 Å². The largest absolute Gasteiger partial charge is 0.462 e. The molecule has 0 heterocycles. The van der Waals surface area contributed by atoms with Crippen LogP contribution in [-0.4, -0.2) is 17.9 Å². The van der Waals surface area contributed by atoms with Crippen molar-refractivity contribution in [3.8, 4) is 0 Å². The average molecular weight is 332 g/mol. The molecule has 0 saturated heterocycles. The third kappa shape index (κ3) is 2.29. The highest BCUT2D eigenvalue weighted by atomic mass is 16.5. The number of Topliss-reactive ketones (excluding diaryl/α,β-unsaturated/α-hetero) is 1. The van der Waals surface area contributed by atoms with Crippen molar-refractivity contribution in [2.45, 2.75) is 84.7 Å². The molecule has 4 saturated carbocycles. The van der Waals surface area contributed by atoms with Crippen molar-refractivity contribution < 1.29 is 14.3 Å². The van der Waals surface area contributed by atoms with E-state index in [9.17, 15) is 9.59 Å². The van der Waals surface area contributed by atoms with Crippen LogP contribution in [0.4, 0.5) is 0 Å². The van der Waals surface area contributed by atoms with E-state index in [2.05, 4.69) is 13.8 Å². The molecule has 3 nitrogen and oxygen atoms in total. The van der Waals surface area contributed by atoms with Gasteiger partial charge in [-0.3, -0.25) is 9.59 Å². The van der Waals surface area contributed by atoms with E-state index in [-0.39, 0.29) is 22.9 Å². The molecule has 4 fully saturated rings. The van der Waals surface area contributed by atoms with Crippen molar-refractivity contribution in [1.29, 1.82) is 0 Å². The molecule has 7 atom stereocenters. The lowest BCUT2D eigenvalue weighted by Crippen LogP contribution is -2.54. The molecule has 6 unspecified atom stereocenters. The van der Waals surface area contributed by atoms with Gasteiger partial charge in [0.25, 0.3) is 0 Å². The highest BCUT2D eigenvalue weighted by Crippen LogP contribution is 2.66. The van der Waals surface area contributed by atoms with Gasteiger partial charge in [-0.2, -0.15) is 0 Å². The quantitative estimate of drug-likeness (QED) is 0.663. The molecule has 0 aromatic rings. The number of carbonyl (C=O) groups is 2. The standard InChI is InChI=1S/C21H32O3/c1-13(22)24-19-9-8-17-16-7-5-14-4-6-15(23)12-21(14,3)18(16)10-11-20(17,19)2/h14,16-19H,4-12H2,1-3H3/t14-,16?,17?,18?,19?,20?,21?/m1/s1. The summed E-state index contributed by atoms with van der Waals surface area (Å²) in [5, 5.41) is 0. The minimum Gasteiger partial charge on any atom is -0.462 e. The predicted octanol–water partition coefficient (Wildman–Crippen LogP) is 4.53. The Kier molecular flexibility index (Phi) is 3.85. The Hall–Kier alpha value is -0.860. The summed E-state index contributed by atoms with van der Waals surface area (Å²) in [6.07, 6.45) is 10.1. The molecule has 0 aromatic carbocycles. The molecular formula is C21H32O3. The van der Waals surface area contributed by atoms with Crippen molar-refractivity contribution in [2.75, 3.05) is 0 Å². The Labute approximate surface area is 145 Å². The first-order valence-corrected chi connectivity index (χ1v) is 10.0. The van der Waals surface area contributed by atoms with Gasteiger partial charge in [-0.1, -0.05) is 13.8 Å². The van der Waals surface area contributed by atoms with Gasteiger partial charge in [-0.05, 0) is 74.0 Å². The normalized spacial score (nSPS) is 50.6. The zero-order valence-electron chi connectivity index (χ0n) is 15.5. The molecule has 24 heavy (non-hydrogen) atoms. The molecule has 0 N–H and O–H groups in total. The first-order chi connectivity index (χ1) is 11.3. The summed E-state index contributed by atoms with van der Waals surface area (Å²) in [5.74, 6) is 3.23. The summed E-state index contributed by atoms with van der Waals surface area (Å²) in [7, 11) is 0. The molecule has 134 valence electrons. The number of esters is 1. The lowest BCUT2D eigenvalue weighted by atomic mass is 9.45. The fraction of sp³-hybridized carbons (Fsp3) is 0.905. The lowest BCUT2D eigenvalue weighted by Gasteiger charge is -2.59. The number of carbonyl (C=O) groups excluding carboxylic acids is 2. The molecule has 4 aliphatic rings. The van der Waals surface area contributed by atoms with Gasteiger partial charge >= 0.3 is 5.97 Å². The molecule has 0 spiro atoms. The molecule has 0 aliphatic heterocycles. The molecule has 0 bridgehead atoms. The molecule has 4 rings (SSSR count). The SMILES string of the molecule is CC(=O)OC1CCC2C3CC[C@H]4CCC(=O)CC4(C)C3CCC12C. The molecule has 3 heteroatoms. The smallest absolute Gasteiger partial charge is 0.302 e. The lowest BCUT2D eigenvalue weighted by molar-refractivity contribution is -0.163. The number of hydrogen-bond acceptors (Lipinski definition) is 3. The summed E-state index contributed by atoms with van der Waals surface area (Å²) >= 11 is 0. The van der Waals surface area contributed by atoms with Crippen LogP contribution in [-0.2, 0) is 14.3 Å². The van der Waals surface area contributed by atoms with E-state index >= 15 is 0 Å². The minimum atomic E-state index is -0.127. The Morgan fingerprint density at radius 1 is 1.00 bits per heavy atom. The Morgan fingerprint density at radius 3 is 2.50 bits per heavy atom. The number of fused-ring (bicyclic) bond motifs is 5. The fourth-order valence-corrected chi connectivity index (χ4v) is 7.48. The van der Waals surface area contributed by atoms with Gasteiger partial charge in [0, 0.05) is 25.2 Å². The maximum Gasteiger partial charge on any atom is 0.302 e. The van der Waals surface area contributed by atoms with Crippen LogP contribution in [0.2, 0.25) is 0 Å². The Morgan fingerprint density at radius 2 is 1.75 bits per heavy atom. The first-order valence-electron chi connectivity index (χ1n) is 10.0. The van der Waals surface area contributed by atoms with E-state index in [0.717, 1.165) is 43.9 Å². The van der Waals surface area contributed by atoms with Gasteiger partial charge in [-0.15, -0.1) is 0 Å². The first kappa shape index (κ1) is 16.6. The van der Waals surface area contributed by atoms with Crippen molar-refractivity contribution in [2.24, 2.45) is 34.5 Å². The third-order valence-electron chi connectivity index (χ3n) is 8.64. The van der Waals surface area contributed by atoms with Crippen LogP contribution in [0, 0.1) is 34.5 Å². The molecular weight excluding hydrogens is 300 g/mol. The highest BCUT2D eigenvalue weighted by molar-refractivity contribution is 5.80. The summed E-state index contributed by atoms with van der Waals surface area (Å²) < 4.78 is 5.72. The van der Waals surface area contributed by atoms with E-state index in [1.165, 1.54) is 25.7 Å². The zero-order valence-corrected chi connectivity index (χ0v) is 15.5. The van der Waals surface area contributed by atoms with Crippen LogP contribution >= 0.6 is 0 Å². The third-order valence-corrected chi connectivity index (χ3v) is 8.64. The topological polar surface area (TPSA) is 43.4 Å². The van der Waals surface area contributed by atoms with E-state index in [1.54, 1.807) is 6.92 Å². The van der Waals surface area contributed by atoms with Gasteiger partial charge in [0.1, 0.15) is 11.9 Å². The number of rotatable bonds is 1. The van der Waals surface area contributed by atoms with Crippen LogP contribution in [0.3, 0.4) is 0 Å². The Balaban J connectivity index is 1.60. The van der Waals surface area contributed by atoms with Gasteiger partial charge < -0.3 is 4.74 Å². The van der Waals surface area contributed by atoms with Gasteiger partial charge in [0.2, 0.25) is 0 Å². The predicted molar refractivity (Wildman–Crippen MR) is 92.3 cm³/mol. The van der Waals surface area contributed by atoms with Crippen LogP contribution in [0.15, 0.2) is 0 Å². The number of ether oxygens (including phenoxy) is 1. The van der Waals surface area contributed by atoms with Gasteiger partial charge in [0.05, 0.1) is 0 Å². The van der Waals surface area contributed by atoms with E-state index in [1.807, 2.05) is 0 Å². The van der Waals surface area contributed by atoms with Crippen molar-refractivity contribution in [3.05, 3.63) is 0 Å². The second-order valence-corrected chi connectivity index (χ2v) is 9.63. The molecule has 4 aliphatic carbocycles. The van der Waals surface area contributed by atoms with Crippen molar-refractivity contribution >= 4 is 11.8 Å². The minimum absolute atomic E-state index is 0.111. The van der Waals surface area contributed by atoms with Crippen molar-refractivity contribution in [3.63, 3.8) is 0 Å². The van der Waals surface area contributed by atoms with E-state index in [0.29, 0.717) is 17.6 Å². The van der Waals surface area contributed by atoms with Crippen LogP contribution in [0.1, 0.15) is 78.6 Å².